The molecule has 0 radical (unpaired) electrons. The van der Waals surface area contributed by atoms with Crippen molar-refractivity contribution in [2.75, 3.05) is 11.4 Å². The number of carbonyl (C=O) groups excluding carboxylic acids is 3. The number of carbonyl (C=O) groups is 3. The van der Waals surface area contributed by atoms with E-state index >= 15 is 0 Å². The highest BCUT2D eigenvalue weighted by molar-refractivity contribution is 7.12. The van der Waals surface area contributed by atoms with Crippen LogP contribution < -0.4 is 4.90 Å². The molecular weight excluding hydrogens is 408 g/mol. The van der Waals surface area contributed by atoms with Crippen molar-refractivity contribution in [3.05, 3.63) is 57.8 Å². The zero-order valence-electron chi connectivity index (χ0n) is 18.0. The molecule has 2 amide bonds. The highest BCUT2D eigenvalue weighted by Crippen LogP contribution is 2.50. The summed E-state index contributed by atoms with van der Waals surface area (Å²) in [4.78, 5) is 44.7. The molecule has 0 N–H and O–H groups in total. The molecule has 3 aliphatic heterocycles. The number of amides is 2. The minimum atomic E-state index is -0.664. The van der Waals surface area contributed by atoms with E-state index in [-0.39, 0.29) is 23.6 Å². The molecule has 0 saturated carbocycles. The summed E-state index contributed by atoms with van der Waals surface area (Å²) >= 11 is 1.39. The number of nitrogens with zero attached hydrogens (tertiary/aromatic N) is 2. The zero-order valence-corrected chi connectivity index (χ0v) is 18.8. The number of imide groups is 1. The van der Waals surface area contributed by atoms with Gasteiger partial charge in [-0.15, -0.1) is 11.3 Å². The lowest BCUT2D eigenvalue weighted by atomic mass is 9.86. The van der Waals surface area contributed by atoms with Crippen molar-refractivity contribution in [1.29, 1.82) is 0 Å². The number of unbranched alkanes of at least 4 members (excludes halogenated alkanes) is 1. The van der Waals surface area contributed by atoms with Gasteiger partial charge >= 0.3 is 0 Å². The number of rotatable bonds is 5. The first kappa shape index (κ1) is 20.2. The topological polar surface area (TPSA) is 57.7 Å². The third-order valence-electron chi connectivity index (χ3n) is 6.86. The Labute approximate surface area is 186 Å². The number of ketones is 1. The van der Waals surface area contributed by atoms with Crippen LogP contribution in [0.15, 0.2) is 41.8 Å². The summed E-state index contributed by atoms with van der Waals surface area (Å²) < 4.78 is 0. The molecule has 0 spiro atoms. The fourth-order valence-corrected chi connectivity index (χ4v) is 6.12. The zero-order chi connectivity index (χ0) is 21.9. The summed E-state index contributed by atoms with van der Waals surface area (Å²) in [5, 5.41) is 1.88. The predicted octanol–water partition coefficient (Wildman–Crippen LogP) is 4.31. The Hall–Kier alpha value is -2.73. The summed E-state index contributed by atoms with van der Waals surface area (Å²) in [6.07, 6.45) is 3.78. The van der Waals surface area contributed by atoms with Crippen LogP contribution in [0.25, 0.3) is 5.57 Å². The van der Waals surface area contributed by atoms with Crippen LogP contribution in [-0.2, 0) is 9.59 Å². The molecule has 2 fully saturated rings. The molecule has 31 heavy (non-hydrogen) atoms. The first-order valence-electron chi connectivity index (χ1n) is 10.9. The number of allylic oxidation sites excluding steroid dienone is 1. The Kier molecular flexibility index (Phi) is 4.85. The smallest absolute Gasteiger partial charge is 0.235 e. The van der Waals surface area contributed by atoms with Gasteiger partial charge in [0.05, 0.1) is 22.8 Å². The van der Waals surface area contributed by atoms with E-state index in [9.17, 15) is 14.4 Å². The normalized spacial score (nSPS) is 26.6. The Morgan fingerprint density at radius 2 is 1.87 bits per heavy atom. The van der Waals surface area contributed by atoms with E-state index in [1.165, 1.54) is 16.2 Å². The largest absolute Gasteiger partial charge is 0.352 e. The maximum absolute atomic E-state index is 13.7. The van der Waals surface area contributed by atoms with Gasteiger partial charge in [-0.25, -0.2) is 0 Å². The summed E-state index contributed by atoms with van der Waals surface area (Å²) in [5.41, 5.74) is 4.25. The Morgan fingerprint density at radius 1 is 1.10 bits per heavy atom. The van der Waals surface area contributed by atoms with Crippen molar-refractivity contribution in [3.8, 4) is 0 Å². The summed E-state index contributed by atoms with van der Waals surface area (Å²) in [6, 6.07) is 8.91. The van der Waals surface area contributed by atoms with Crippen molar-refractivity contribution >= 4 is 40.2 Å². The number of Topliss-reactive ketones (excluding diaryl/α,β-unsaturated/α-hetero) is 1. The lowest BCUT2D eigenvalue weighted by Gasteiger charge is -2.38. The van der Waals surface area contributed by atoms with E-state index in [1.807, 2.05) is 43.5 Å². The van der Waals surface area contributed by atoms with Gasteiger partial charge in [-0.05, 0) is 49.4 Å². The fourth-order valence-electron chi connectivity index (χ4n) is 5.42. The van der Waals surface area contributed by atoms with E-state index in [1.54, 1.807) is 0 Å². The van der Waals surface area contributed by atoms with E-state index < -0.39 is 17.9 Å². The SMILES string of the molecule is CCCCN1C(=O)[C@@H]2[C@H](C1=O)[C@@H](C(=O)c1cccs1)N1c3ccc(C)cc3C(C)=C[C@H]21. The molecule has 1 aromatic carbocycles. The van der Waals surface area contributed by atoms with Crippen LogP contribution in [-0.4, -0.2) is 41.1 Å². The molecule has 0 bridgehead atoms. The summed E-state index contributed by atoms with van der Waals surface area (Å²) in [5.74, 6) is -1.53. The fraction of sp³-hybridized carbons (Fsp3) is 0.400. The number of anilines is 1. The molecule has 4 atom stereocenters. The number of likely N-dealkylation sites (tertiary alicyclic amines) is 1. The Balaban J connectivity index is 1.66. The number of benzene rings is 1. The first-order valence-corrected chi connectivity index (χ1v) is 11.8. The van der Waals surface area contributed by atoms with Crippen molar-refractivity contribution in [2.24, 2.45) is 11.8 Å². The Bertz CT molecular complexity index is 1100. The van der Waals surface area contributed by atoms with E-state index in [4.69, 9.17) is 0 Å². The molecule has 4 heterocycles. The van der Waals surface area contributed by atoms with Crippen molar-refractivity contribution < 1.29 is 14.4 Å². The molecule has 5 nitrogen and oxygen atoms in total. The second kappa shape index (κ2) is 7.45. The lowest BCUT2D eigenvalue weighted by Crippen LogP contribution is -2.49. The molecule has 160 valence electrons. The molecular formula is C25H26N2O3S. The third kappa shape index (κ3) is 2.92. The van der Waals surface area contributed by atoms with Gasteiger partial charge in [0.25, 0.3) is 0 Å². The van der Waals surface area contributed by atoms with E-state index in [0.29, 0.717) is 11.4 Å². The van der Waals surface area contributed by atoms with Gasteiger partial charge in [-0.3, -0.25) is 19.3 Å². The lowest BCUT2D eigenvalue weighted by molar-refractivity contribution is -0.140. The van der Waals surface area contributed by atoms with Gasteiger partial charge < -0.3 is 4.90 Å². The van der Waals surface area contributed by atoms with Crippen molar-refractivity contribution in [1.82, 2.24) is 4.90 Å². The first-order chi connectivity index (χ1) is 14.9. The average molecular weight is 435 g/mol. The van der Waals surface area contributed by atoms with Crippen LogP contribution in [0.4, 0.5) is 5.69 Å². The van der Waals surface area contributed by atoms with Gasteiger partial charge in [0.1, 0.15) is 6.04 Å². The molecule has 2 aromatic rings. The highest BCUT2D eigenvalue weighted by Gasteiger charge is 2.64. The third-order valence-corrected chi connectivity index (χ3v) is 7.75. The number of hydrogen-bond acceptors (Lipinski definition) is 5. The molecule has 0 aliphatic carbocycles. The number of hydrogen-bond donors (Lipinski definition) is 0. The van der Waals surface area contributed by atoms with E-state index in [0.717, 1.165) is 35.2 Å². The summed E-state index contributed by atoms with van der Waals surface area (Å²) in [7, 11) is 0. The number of aryl methyl sites for hydroxylation is 1. The van der Waals surface area contributed by atoms with Crippen LogP contribution in [0.5, 0.6) is 0 Å². The maximum atomic E-state index is 13.7. The van der Waals surface area contributed by atoms with Gasteiger partial charge in [0.2, 0.25) is 11.8 Å². The van der Waals surface area contributed by atoms with Gasteiger partial charge in [0, 0.05) is 17.8 Å². The predicted molar refractivity (Wildman–Crippen MR) is 122 cm³/mol. The molecule has 1 aromatic heterocycles. The molecule has 6 heteroatoms. The van der Waals surface area contributed by atoms with Crippen LogP contribution in [0.1, 0.15) is 47.5 Å². The molecule has 5 rings (SSSR count). The van der Waals surface area contributed by atoms with Crippen LogP contribution in [0, 0.1) is 18.8 Å². The Morgan fingerprint density at radius 3 is 2.58 bits per heavy atom. The number of thiophene rings is 1. The number of fused-ring (bicyclic) bond motifs is 5. The van der Waals surface area contributed by atoms with Crippen LogP contribution >= 0.6 is 11.3 Å². The molecule has 2 saturated heterocycles. The second-order valence-electron chi connectivity index (χ2n) is 8.79. The van der Waals surface area contributed by atoms with Crippen molar-refractivity contribution in [3.63, 3.8) is 0 Å². The van der Waals surface area contributed by atoms with Gasteiger partial charge in [0.15, 0.2) is 5.78 Å². The van der Waals surface area contributed by atoms with Crippen LogP contribution in [0.2, 0.25) is 0 Å². The van der Waals surface area contributed by atoms with Gasteiger partial charge in [-0.2, -0.15) is 0 Å². The van der Waals surface area contributed by atoms with Gasteiger partial charge in [-0.1, -0.05) is 37.1 Å². The van der Waals surface area contributed by atoms with E-state index in [2.05, 4.69) is 24.0 Å². The summed E-state index contributed by atoms with van der Waals surface area (Å²) in [6.45, 7) is 6.58. The minimum Gasteiger partial charge on any atom is -0.352 e. The highest BCUT2D eigenvalue weighted by atomic mass is 32.1. The average Bonchev–Trinajstić information content (AvgIpc) is 3.44. The van der Waals surface area contributed by atoms with Crippen molar-refractivity contribution in [2.45, 2.75) is 45.7 Å². The maximum Gasteiger partial charge on any atom is 0.235 e. The standard InChI is InChI=1S/C25H26N2O3S/c1-4-5-10-26-24(29)20-18-13-15(3)16-12-14(2)8-9-17(16)27(18)22(21(20)25(26)30)23(28)19-7-6-11-31-19/h6-9,11-13,18,20-22H,4-5,10H2,1-3H3/t18-,20+,21+,22+/m1/s1. The van der Waals surface area contributed by atoms with Crippen LogP contribution in [0.3, 0.4) is 0 Å². The quantitative estimate of drug-likeness (QED) is 0.520. The minimum absolute atomic E-state index is 0.0644. The second-order valence-corrected chi connectivity index (χ2v) is 9.74. The molecule has 3 aliphatic rings. The monoisotopic (exact) mass is 434 g/mol. The molecule has 0 unspecified atom stereocenters.